The summed E-state index contributed by atoms with van der Waals surface area (Å²) in [5.41, 5.74) is 9.81. The van der Waals surface area contributed by atoms with Crippen molar-refractivity contribution >= 4 is 16.7 Å². The van der Waals surface area contributed by atoms with E-state index in [0.29, 0.717) is 0 Å². The van der Waals surface area contributed by atoms with Crippen LogP contribution in [0.5, 0.6) is 0 Å². The highest BCUT2D eigenvalue weighted by Gasteiger charge is 2.09. The fourth-order valence-corrected chi connectivity index (χ4v) is 2.49. The molecule has 3 rings (SSSR count). The van der Waals surface area contributed by atoms with Gasteiger partial charge >= 0.3 is 0 Å². The Balaban J connectivity index is 1.93. The van der Waals surface area contributed by atoms with Gasteiger partial charge in [-0.05, 0) is 30.3 Å². The number of nitrogens with two attached hydrogens (primary N) is 1. The van der Waals surface area contributed by atoms with Crippen LogP contribution in [0.1, 0.15) is 18.4 Å². The summed E-state index contributed by atoms with van der Waals surface area (Å²) < 4.78 is 2.27. The number of aromatic nitrogens is 3. The van der Waals surface area contributed by atoms with E-state index in [9.17, 15) is 0 Å². The number of anilines is 1. The van der Waals surface area contributed by atoms with E-state index in [0.717, 1.165) is 47.6 Å². The summed E-state index contributed by atoms with van der Waals surface area (Å²) in [5, 5.41) is 0. The van der Waals surface area contributed by atoms with E-state index in [1.165, 1.54) is 0 Å². The molecule has 0 spiro atoms. The molecule has 0 saturated carbocycles. The van der Waals surface area contributed by atoms with Gasteiger partial charge in [0, 0.05) is 37.0 Å². The average Bonchev–Trinajstić information content (AvgIpc) is 2.83. The van der Waals surface area contributed by atoms with Crippen LogP contribution in [0.25, 0.3) is 11.0 Å². The second-order valence-corrected chi connectivity index (χ2v) is 4.85. The second kappa shape index (κ2) is 5.33. The Morgan fingerprint density at radius 2 is 2.10 bits per heavy atom. The SMILES string of the molecule is CCc1nc2cc(N)ccc2n1CCc1ccccn1. The molecular formula is C16H18N4. The van der Waals surface area contributed by atoms with E-state index >= 15 is 0 Å². The monoisotopic (exact) mass is 266 g/mol. The second-order valence-electron chi connectivity index (χ2n) is 4.85. The number of hydrogen-bond donors (Lipinski definition) is 1. The van der Waals surface area contributed by atoms with Gasteiger partial charge in [0.2, 0.25) is 0 Å². The molecule has 0 amide bonds. The highest BCUT2D eigenvalue weighted by molar-refractivity contribution is 5.79. The molecule has 0 atom stereocenters. The lowest BCUT2D eigenvalue weighted by Crippen LogP contribution is -2.06. The van der Waals surface area contributed by atoms with Crippen molar-refractivity contribution < 1.29 is 0 Å². The van der Waals surface area contributed by atoms with E-state index in [1.54, 1.807) is 0 Å². The number of pyridine rings is 1. The lowest BCUT2D eigenvalue weighted by Gasteiger charge is -2.07. The Morgan fingerprint density at radius 1 is 1.20 bits per heavy atom. The molecule has 2 heterocycles. The summed E-state index contributed by atoms with van der Waals surface area (Å²) >= 11 is 0. The Bertz CT molecular complexity index is 716. The van der Waals surface area contributed by atoms with E-state index < -0.39 is 0 Å². The highest BCUT2D eigenvalue weighted by atomic mass is 15.1. The van der Waals surface area contributed by atoms with Crippen LogP contribution in [0.3, 0.4) is 0 Å². The molecule has 0 saturated heterocycles. The topological polar surface area (TPSA) is 56.7 Å². The first-order valence-electron chi connectivity index (χ1n) is 6.92. The largest absolute Gasteiger partial charge is 0.399 e. The van der Waals surface area contributed by atoms with Crippen LogP contribution in [-0.2, 0) is 19.4 Å². The van der Waals surface area contributed by atoms with Crippen LogP contribution >= 0.6 is 0 Å². The molecule has 3 aromatic rings. The van der Waals surface area contributed by atoms with Gasteiger partial charge in [0.25, 0.3) is 0 Å². The number of rotatable bonds is 4. The first-order chi connectivity index (χ1) is 9.78. The van der Waals surface area contributed by atoms with Crippen molar-refractivity contribution in [2.45, 2.75) is 26.3 Å². The molecule has 0 radical (unpaired) electrons. The highest BCUT2D eigenvalue weighted by Crippen LogP contribution is 2.20. The normalized spacial score (nSPS) is 11.1. The number of benzene rings is 1. The Morgan fingerprint density at radius 3 is 2.85 bits per heavy atom. The van der Waals surface area contributed by atoms with Crippen LogP contribution in [-0.4, -0.2) is 14.5 Å². The maximum atomic E-state index is 5.83. The maximum absolute atomic E-state index is 5.83. The molecule has 0 aliphatic heterocycles. The lowest BCUT2D eigenvalue weighted by atomic mass is 10.2. The van der Waals surface area contributed by atoms with Gasteiger partial charge in [0.15, 0.2) is 0 Å². The third-order valence-electron chi connectivity index (χ3n) is 3.49. The molecule has 0 fully saturated rings. The molecule has 4 nitrogen and oxygen atoms in total. The summed E-state index contributed by atoms with van der Waals surface area (Å²) in [6.45, 7) is 3.02. The predicted molar refractivity (Wildman–Crippen MR) is 81.5 cm³/mol. The van der Waals surface area contributed by atoms with Crippen molar-refractivity contribution in [1.82, 2.24) is 14.5 Å². The van der Waals surface area contributed by atoms with Gasteiger partial charge in [-0.2, -0.15) is 0 Å². The minimum atomic E-state index is 0.759. The molecule has 0 aliphatic rings. The van der Waals surface area contributed by atoms with Crippen molar-refractivity contribution in [2.75, 3.05) is 5.73 Å². The van der Waals surface area contributed by atoms with Crippen LogP contribution < -0.4 is 5.73 Å². The fourth-order valence-electron chi connectivity index (χ4n) is 2.49. The van der Waals surface area contributed by atoms with Crippen molar-refractivity contribution in [1.29, 1.82) is 0 Å². The number of nitrogen functional groups attached to an aromatic ring is 1. The van der Waals surface area contributed by atoms with Crippen LogP contribution in [0.4, 0.5) is 5.69 Å². The van der Waals surface area contributed by atoms with Crippen LogP contribution in [0, 0.1) is 0 Å². The Kier molecular flexibility index (Phi) is 3.37. The predicted octanol–water partition coefficient (Wildman–Crippen LogP) is 2.82. The van der Waals surface area contributed by atoms with E-state index in [1.807, 2.05) is 30.5 Å². The summed E-state index contributed by atoms with van der Waals surface area (Å²) in [5.74, 6) is 1.10. The third-order valence-corrected chi connectivity index (χ3v) is 3.49. The molecule has 2 N–H and O–H groups in total. The molecule has 4 heteroatoms. The zero-order valence-corrected chi connectivity index (χ0v) is 11.6. The molecule has 2 aromatic heterocycles. The van der Waals surface area contributed by atoms with E-state index in [-0.39, 0.29) is 0 Å². The van der Waals surface area contributed by atoms with Gasteiger partial charge in [-0.3, -0.25) is 4.98 Å². The molecular weight excluding hydrogens is 248 g/mol. The smallest absolute Gasteiger partial charge is 0.109 e. The van der Waals surface area contributed by atoms with Gasteiger partial charge in [-0.15, -0.1) is 0 Å². The summed E-state index contributed by atoms with van der Waals surface area (Å²) in [6.07, 6.45) is 3.66. The van der Waals surface area contributed by atoms with Gasteiger partial charge < -0.3 is 10.3 Å². The Hall–Kier alpha value is -2.36. The number of imidazole rings is 1. The number of nitrogens with zero attached hydrogens (tertiary/aromatic N) is 3. The molecule has 0 unspecified atom stereocenters. The standard InChI is InChI=1S/C16H18N4/c1-2-16-19-14-11-12(17)6-7-15(14)20(16)10-8-13-5-3-4-9-18-13/h3-7,9,11H,2,8,10,17H2,1H3. The fraction of sp³-hybridized carbons (Fsp3) is 0.250. The summed E-state index contributed by atoms with van der Waals surface area (Å²) in [4.78, 5) is 9.04. The van der Waals surface area contributed by atoms with Gasteiger partial charge in [-0.25, -0.2) is 4.98 Å². The number of aryl methyl sites for hydroxylation is 3. The maximum Gasteiger partial charge on any atom is 0.109 e. The van der Waals surface area contributed by atoms with E-state index in [2.05, 4.69) is 33.6 Å². The first-order valence-corrected chi connectivity index (χ1v) is 6.92. The van der Waals surface area contributed by atoms with E-state index in [4.69, 9.17) is 5.73 Å². The molecule has 1 aromatic carbocycles. The van der Waals surface area contributed by atoms with Crippen molar-refractivity contribution in [3.63, 3.8) is 0 Å². The van der Waals surface area contributed by atoms with Gasteiger partial charge in [0.1, 0.15) is 5.82 Å². The molecule has 0 aliphatic carbocycles. The molecule has 102 valence electrons. The summed E-state index contributed by atoms with van der Waals surface area (Å²) in [7, 11) is 0. The lowest BCUT2D eigenvalue weighted by molar-refractivity contribution is 0.665. The average molecular weight is 266 g/mol. The number of hydrogen-bond acceptors (Lipinski definition) is 3. The Labute approximate surface area is 118 Å². The third kappa shape index (κ3) is 2.37. The quantitative estimate of drug-likeness (QED) is 0.739. The zero-order valence-electron chi connectivity index (χ0n) is 11.6. The first kappa shape index (κ1) is 12.7. The minimum absolute atomic E-state index is 0.759. The molecule has 20 heavy (non-hydrogen) atoms. The van der Waals surface area contributed by atoms with Crippen molar-refractivity contribution in [2.24, 2.45) is 0 Å². The van der Waals surface area contributed by atoms with Crippen LogP contribution in [0.2, 0.25) is 0 Å². The zero-order chi connectivity index (χ0) is 13.9. The van der Waals surface area contributed by atoms with Crippen LogP contribution in [0.15, 0.2) is 42.6 Å². The minimum Gasteiger partial charge on any atom is -0.399 e. The number of fused-ring (bicyclic) bond motifs is 1. The van der Waals surface area contributed by atoms with Gasteiger partial charge in [-0.1, -0.05) is 13.0 Å². The van der Waals surface area contributed by atoms with Gasteiger partial charge in [0.05, 0.1) is 11.0 Å². The van der Waals surface area contributed by atoms with Crippen molar-refractivity contribution in [3.8, 4) is 0 Å². The summed E-state index contributed by atoms with van der Waals surface area (Å²) in [6, 6.07) is 11.9. The molecule has 0 bridgehead atoms. The van der Waals surface area contributed by atoms with Crippen molar-refractivity contribution in [3.05, 3.63) is 54.1 Å².